The molecule has 4 nitrogen and oxygen atoms in total. The van der Waals surface area contributed by atoms with Gasteiger partial charge in [-0.3, -0.25) is 4.79 Å². The molecule has 2 aromatic carbocycles. The molecule has 0 aliphatic carbocycles. The second kappa shape index (κ2) is 17.3. The van der Waals surface area contributed by atoms with E-state index in [1.807, 2.05) is 36.4 Å². The number of hydrogen-bond donors (Lipinski definition) is 1. The molecule has 0 atom stereocenters. The van der Waals surface area contributed by atoms with Crippen LogP contribution in [0.5, 0.6) is 5.75 Å². The van der Waals surface area contributed by atoms with Crippen molar-refractivity contribution in [1.82, 2.24) is 0 Å². The third kappa shape index (κ3) is 10.8. The van der Waals surface area contributed by atoms with Crippen molar-refractivity contribution in [1.29, 1.82) is 0 Å². The van der Waals surface area contributed by atoms with Crippen LogP contribution in [0.1, 0.15) is 105 Å². The number of rotatable bonds is 18. The standard InChI is InChI=1S/C32H43ClN2O2S/c1-3-4-5-6-7-8-9-10-11-12-13-16-21-37-31-20-19-28(22-30(31)33)34-32(36)29-18-15-14-17-27(29)24-35-23-26(2)38-25-35/h14-15,17-20,22-23,25H,3-13,16,21,24H2,1-2H3/p+1. The first-order valence-electron chi connectivity index (χ1n) is 14.3. The summed E-state index contributed by atoms with van der Waals surface area (Å²) in [7, 11) is 0. The number of carbonyl (C=O) groups excluding carboxylic acids is 1. The Morgan fingerprint density at radius 1 is 0.921 bits per heavy atom. The van der Waals surface area contributed by atoms with Crippen LogP contribution in [-0.2, 0) is 6.54 Å². The van der Waals surface area contributed by atoms with E-state index < -0.39 is 0 Å². The van der Waals surface area contributed by atoms with Gasteiger partial charge < -0.3 is 10.1 Å². The number of anilines is 1. The number of thiazole rings is 1. The summed E-state index contributed by atoms with van der Waals surface area (Å²) in [5.41, 5.74) is 4.36. The lowest BCUT2D eigenvalue weighted by molar-refractivity contribution is -0.683. The van der Waals surface area contributed by atoms with Gasteiger partial charge in [0.25, 0.3) is 5.91 Å². The van der Waals surface area contributed by atoms with E-state index in [1.165, 1.54) is 75.5 Å². The molecule has 206 valence electrons. The maximum absolute atomic E-state index is 13.0. The van der Waals surface area contributed by atoms with E-state index in [-0.39, 0.29) is 5.91 Å². The van der Waals surface area contributed by atoms with Crippen LogP contribution in [0.3, 0.4) is 0 Å². The summed E-state index contributed by atoms with van der Waals surface area (Å²) in [6, 6.07) is 13.2. The number of benzene rings is 2. The van der Waals surface area contributed by atoms with Crippen molar-refractivity contribution in [3.63, 3.8) is 0 Å². The Hall–Kier alpha value is -2.37. The molecule has 1 heterocycles. The molecule has 6 heteroatoms. The summed E-state index contributed by atoms with van der Waals surface area (Å²) in [4.78, 5) is 14.3. The Kier molecular flexibility index (Phi) is 13.7. The number of halogens is 1. The van der Waals surface area contributed by atoms with Crippen LogP contribution in [0.4, 0.5) is 5.69 Å². The van der Waals surface area contributed by atoms with Crippen LogP contribution in [-0.4, -0.2) is 12.5 Å². The second-order valence-corrected chi connectivity index (χ2v) is 11.6. The van der Waals surface area contributed by atoms with Gasteiger partial charge in [-0.25, -0.2) is 0 Å². The number of aromatic nitrogens is 1. The van der Waals surface area contributed by atoms with Gasteiger partial charge in [0.1, 0.15) is 5.75 Å². The molecule has 0 saturated carbocycles. The van der Waals surface area contributed by atoms with Crippen LogP contribution in [0, 0.1) is 6.92 Å². The van der Waals surface area contributed by atoms with Crippen molar-refractivity contribution in [2.75, 3.05) is 11.9 Å². The molecule has 0 aliphatic rings. The molecule has 1 amide bonds. The summed E-state index contributed by atoms with van der Waals surface area (Å²) in [6.45, 7) is 5.67. The molecule has 0 fully saturated rings. The highest BCUT2D eigenvalue weighted by atomic mass is 35.5. The Morgan fingerprint density at radius 2 is 1.58 bits per heavy atom. The third-order valence-electron chi connectivity index (χ3n) is 6.78. The average molecular weight is 556 g/mol. The quantitative estimate of drug-likeness (QED) is 0.125. The summed E-state index contributed by atoms with van der Waals surface area (Å²) >= 11 is 8.17. The zero-order valence-corrected chi connectivity index (χ0v) is 24.7. The molecule has 0 saturated heterocycles. The van der Waals surface area contributed by atoms with E-state index >= 15 is 0 Å². The SMILES string of the molecule is CCCCCCCCCCCCCCOc1ccc(NC(=O)c2ccccc2C[n+]2csc(C)c2)cc1Cl. The van der Waals surface area contributed by atoms with Gasteiger partial charge in [-0.2, -0.15) is 4.57 Å². The molecule has 0 unspecified atom stereocenters. The Balaban J connectivity index is 1.35. The van der Waals surface area contributed by atoms with Gasteiger partial charge in [-0.15, -0.1) is 0 Å². The Bertz CT molecular complexity index is 1110. The van der Waals surface area contributed by atoms with Crippen molar-refractivity contribution < 1.29 is 14.1 Å². The molecule has 1 N–H and O–H groups in total. The number of nitrogens with zero attached hydrogens (tertiary/aromatic N) is 1. The lowest BCUT2D eigenvalue weighted by Gasteiger charge is -2.11. The molecule has 0 bridgehead atoms. The topological polar surface area (TPSA) is 42.2 Å². The first-order chi connectivity index (χ1) is 18.6. The molecule has 38 heavy (non-hydrogen) atoms. The number of ether oxygens (including phenoxy) is 1. The van der Waals surface area contributed by atoms with Gasteiger partial charge in [-0.1, -0.05) is 119 Å². The molecule has 1 aromatic heterocycles. The number of carbonyl (C=O) groups is 1. The molecule has 0 spiro atoms. The lowest BCUT2D eigenvalue weighted by atomic mass is 10.1. The zero-order chi connectivity index (χ0) is 27.0. The minimum absolute atomic E-state index is 0.144. The van der Waals surface area contributed by atoms with Gasteiger partial charge >= 0.3 is 0 Å². The highest BCUT2D eigenvalue weighted by Gasteiger charge is 2.16. The first kappa shape index (κ1) is 30.2. The largest absolute Gasteiger partial charge is 0.492 e. The number of hydrogen-bond acceptors (Lipinski definition) is 3. The summed E-state index contributed by atoms with van der Waals surface area (Å²) in [5.74, 6) is 0.520. The van der Waals surface area contributed by atoms with Crippen molar-refractivity contribution in [2.24, 2.45) is 0 Å². The maximum Gasteiger partial charge on any atom is 0.256 e. The Morgan fingerprint density at radius 3 is 2.21 bits per heavy atom. The van der Waals surface area contributed by atoms with E-state index in [1.54, 1.807) is 17.4 Å². The molecule has 0 aliphatic heterocycles. The van der Waals surface area contributed by atoms with Gasteiger partial charge in [-0.05, 0) is 37.6 Å². The molecular formula is C32H44ClN2O2S+. The molecule has 3 rings (SSSR count). The number of aryl methyl sites for hydroxylation is 1. The second-order valence-electron chi connectivity index (χ2n) is 10.1. The van der Waals surface area contributed by atoms with Crippen LogP contribution in [0.15, 0.2) is 54.2 Å². The van der Waals surface area contributed by atoms with E-state index in [9.17, 15) is 4.79 Å². The van der Waals surface area contributed by atoms with Crippen molar-refractivity contribution in [2.45, 2.75) is 97.4 Å². The maximum atomic E-state index is 13.0. The van der Waals surface area contributed by atoms with Crippen LogP contribution >= 0.6 is 22.9 Å². The van der Waals surface area contributed by atoms with Crippen molar-refractivity contribution in [3.8, 4) is 5.75 Å². The van der Waals surface area contributed by atoms with E-state index in [0.29, 0.717) is 35.2 Å². The van der Waals surface area contributed by atoms with Gasteiger partial charge in [0, 0.05) is 16.8 Å². The Labute approximate surface area is 238 Å². The minimum Gasteiger partial charge on any atom is -0.492 e. The summed E-state index contributed by atoms with van der Waals surface area (Å²) < 4.78 is 8.02. The highest BCUT2D eigenvalue weighted by Crippen LogP contribution is 2.28. The average Bonchev–Trinajstić information content (AvgIpc) is 3.32. The number of amides is 1. The monoisotopic (exact) mass is 555 g/mol. The van der Waals surface area contributed by atoms with Crippen LogP contribution in [0.25, 0.3) is 0 Å². The predicted octanol–water partition coefficient (Wildman–Crippen LogP) is 9.38. The molecule has 3 aromatic rings. The normalized spacial score (nSPS) is 11.0. The third-order valence-corrected chi connectivity index (χ3v) is 7.93. The highest BCUT2D eigenvalue weighted by molar-refractivity contribution is 7.09. The smallest absolute Gasteiger partial charge is 0.256 e. The van der Waals surface area contributed by atoms with Crippen LogP contribution in [0.2, 0.25) is 5.02 Å². The van der Waals surface area contributed by atoms with E-state index in [4.69, 9.17) is 16.3 Å². The van der Waals surface area contributed by atoms with Crippen LogP contribution < -0.4 is 14.6 Å². The number of nitrogens with one attached hydrogen (secondary N) is 1. The lowest BCUT2D eigenvalue weighted by Crippen LogP contribution is -2.32. The minimum atomic E-state index is -0.144. The molecule has 0 radical (unpaired) electrons. The number of unbranched alkanes of at least 4 members (excludes halogenated alkanes) is 11. The fraction of sp³-hybridized carbons (Fsp3) is 0.500. The van der Waals surface area contributed by atoms with Crippen molar-refractivity contribution >= 4 is 34.5 Å². The predicted molar refractivity (Wildman–Crippen MR) is 161 cm³/mol. The van der Waals surface area contributed by atoms with E-state index in [0.717, 1.165) is 12.0 Å². The van der Waals surface area contributed by atoms with Gasteiger partial charge in [0.15, 0.2) is 12.7 Å². The fourth-order valence-corrected chi connectivity index (χ4v) is 5.49. The summed E-state index contributed by atoms with van der Waals surface area (Å²) in [5, 5.41) is 3.50. The van der Waals surface area contributed by atoms with Gasteiger partial charge in [0.2, 0.25) is 5.51 Å². The fourth-order valence-electron chi connectivity index (χ4n) is 4.62. The summed E-state index contributed by atoms with van der Waals surface area (Å²) in [6.07, 6.45) is 17.9. The van der Waals surface area contributed by atoms with Crippen molar-refractivity contribution in [3.05, 3.63) is 75.2 Å². The molecular weight excluding hydrogens is 512 g/mol. The first-order valence-corrected chi connectivity index (χ1v) is 15.6. The van der Waals surface area contributed by atoms with Gasteiger partial charge in [0.05, 0.1) is 16.5 Å². The van der Waals surface area contributed by atoms with E-state index in [2.05, 4.69) is 35.4 Å². The zero-order valence-electron chi connectivity index (χ0n) is 23.1.